The zero-order chi connectivity index (χ0) is 20.2. The van der Waals surface area contributed by atoms with Gasteiger partial charge in [0, 0.05) is 5.69 Å². The molecule has 1 saturated heterocycles. The second kappa shape index (κ2) is 8.45. The number of carbonyl (C=O) groups is 2. The minimum absolute atomic E-state index is 0.0252. The summed E-state index contributed by atoms with van der Waals surface area (Å²) in [7, 11) is 0. The van der Waals surface area contributed by atoms with E-state index in [1.165, 1.54) is 6.26 Å². The van der Waals surface area contributed by atoms with Crippen molar-refractivity contribution in [3.63, 3.8) is 0 Å². The molecular weight excluding hydrogens is 388 g/mol. The molecule has 0 radical (unpaired) electrons. The number of rotatable bonds is 6. The molecule has 2 aromatic carbocycles. The molecule has 0 bridgehead atoms. The van der Waals surface area contributed by atoms with Gasteiger partial charge in [0.2, 0.25) is 5.91 Å². The highest BCUT2D eigenvalue weighted by Crippen LogP contribution is 2.45. The molecule has 0 spiro atoms. The van der Waals surface area contributed by atoms with Gasteiger partial charge >= 0.3 is 0 Å². The predicted octanol–water partition coefficient (Wildman–Crippen LogP) is 4.71. The SMILES string of the molecule is CCOc1ccccc1N1C(=O)CSC1c1cccc(NC(=O)c2ccco2)c1. The number of anilines is 2. The average Bonchev–Trinajstić information content (AvgIpc) is 3.39. The van der Waals surface area contributed by atoms with Crippen LogP contribution in [0.15, 0.2) is 71.3 Å². The van der Waals surface area contributed by atoms with Crippen LogP contribution in [-0.4, -0.2) is 24.2 Å². The molecule has 148 valence electrons. The number of furan rings is 1. The number of amides is 2. The number of nitrogens with one attached hydrogen (secondary N) is 1. The summed E-state index contributed by atoms with van der Waals surface area (Å²) in [6, 6.07) is 18.3. The van der Waals surface area contributed by atoms with Crippen molar-refractivity contribution >= 4 is 35.0 Å². The van der Waals surface area contributed by atoms with Crippen LogP contribution in [0.1, 0.15) is 28.4 Å². The molecule has 4 rings (SSSR count). The van der Waals surface area contributed by atoms with Crippen LogP contribution >= 0.6 is 11.8 Å². The number of nitrogens with zero attached hydrogens (tertiary/aromatic N) is 1. The third kappa shape index (κ3) is 4.00. The van der Waals surface area contributed by atoms with Crippen molar-refractivity contribution in [2.24, 2.45) is 0 Å². The normalized spacial score (nSPS) is 16.1. The molecule has 0 saturated carbocycles. The average molecular weight is 408 g/mol. The van der Waals surface area contributed by atoms with Gasteiger partial charge in [-0.05, 0) is 48.9 Å². The van der Waals surface area contributed by atoms with Gasteiger partial charge in [0.05, 0.1) is 24.3 Å². The fourth-order valence-corrected chi connectivity index (χ4v) is 4.39. The fraction of sp³-hybridized carbons (Fsp3) is 0.182. The van der Waals surface area contributed by atoms with Crippen LogP contribution < -0.4 is 15.0 Å². The van der Waals surface area contributed by atoms with Gasteiger partial charge in [-0.2, -0.15) is 0 Å². The van der Waals surface area contributed by atoms with E-state index in [2.05, 4.69) is 5.32 Å². The van der Waals surface area contributed by atoms with E-state index in [9.17, 15) is 9.59 Å². The van der Waals surface area contributed by atoms with Crippen LogP contribution in [0.4, 0.5) is 11.4 Å². The Labute approximate surface area is 172 Å². The minimum atomic E-state index is -0.319. The third-order valence-corrected chi connectivity index (χ3v) is 5.68. The molecule has 1 aromatic heterocycles. The molecule has 1 aliphatic rings. The maximum Gasteiger partial charge on any atom is 0.291 e. The Morgan fingerprint density at radius 3 is 2.86 bits per heavy atom. The second-order valence-corrected chi connectivity index (χ2v) is 7.45. The van der Waals surface area contributed by atoms with Crippen LogP contribution in [0.5, 0.6) is 5.75 Å². The number of para-hydroxylation sites is 2. The lowest BCUT2D eigenvalue weighted by Gasteiger charge is -2.26. The predicted molar refractivity (Wildman–Crippen MR) is 113 cm³/mol. The Kier molecular flexibility index (Phi) is 5.57. The maximum absolute atomic E-state index is 12.7. The number of hydrogen-bond donors (Lipinski definition) is 1. The number of benzene rings is 2. The van der Waals surface area contributed by atoms with Crippen LogP contribution in [0, 0.1) is 0 Å². The van der Waals surface area contributed by atoms with Gasteiger partial charge in [-0.25, -0.2) is 0 Å². The van der Waals surface area contributed by atoms with Crippen LogP contribution in [0.2, 0.25) is 0 Å². The largest absolute Gasteiger partial charge is 0.492 e. The number of hydrogen-bond acceptors (Lipinski definition) is 5. The van der Waals surface area contributed by atoms with Crippen molar-refractivity contribution < 1.29 is 18.7 Å². The quantitative estimate of drug-likeness (QED) is 0.640. The Bertz CT molecular complexity index is 1020. The van der Waals surface area contributed by atoms with E-state index in [0.29, 0.717) is 23.8 Å². The molecule has 2 heterocycles. The van der Waals surface area contributed by atoms with E-state index < -0.39 is 0 Å². The maximum atomic E-state index is 12.7. The van der Waals surface area contributed by atoms with Crippen molar-refractivity contribution in [3.8, 4) is 5.75 Å². The molecule has 3 aromatic rings. The molecule has 1 N–H and O–H groups in total. The van der Waals surface area contributed by atoms with E-state index >= 15 is 0 Å². The van der Waals surface area contributed by atoms with E-state index in [0.717, 1.165) is 11.3 Å². The molecule has 29 heavy (non-hydrogen) atoms. The summed E-state index contributed by atoms with van der Waals surface area (Å²) < 4.78 is 10.9. The fourth-order valence-electron chi connectivity index (χ4n) is 3.24. The Balaban J connectivity index is 1.62. The highest BCUT2D eigenvalue weighted by molar-refractivity contribution is 8.00. The molecule has 1 atom stereocenters. The van der Waals surface area contributed by atoms with Crippen LogP contribution in [-0.2, 0) is 4.79 Å². The van der Waals surface area contributed by atoms with E-state index in [4.69, 9.17) is 9.15 Å². The zero-order valence-electron chi connectivity index (χ0n) is 15.8. The molecule has 6 nitrogen and oxygen atoms in total. The lowest BCUT2D eigenvalue weighted by atomic mass is 10.1. The molecule has 0 aliphatic carbocycles. The number of ether oxygens (including phenoxy) is 1. The summed E-state index contributed by atoms with van der Waals surface area (Å²) in [5, 5.41) is 2.63. The van der Waals surface area contributed by atoms with Crippen LogP contribution in [0.3, 0.4) is 0 Å². The summed E-state index contributed by atoms with van der Waals surface area (Å²) >= 11 is 1.55. The van der Waals surface area contributed by atoms with E-state index in [1.54, 1.807) is 28.8 Å². The van der Waals surface area contributed by atoms with Gasteiger partial charge in [-0.3, -0.25) is 14.5 Å². The smallest absolute Gasteiger partial charge is 0.291 e. The van der Waals surface area contributed by atoms with E-state index in [1.807, 2.05) is 55.5 Å². The van der Waals surface area contributed by atoms with Gasteiger partial charge in [-0.1, -0.05) is 24.3 Å². The molecule has 1 aliphatic heterocycles. The van der Waals surface area contributed by atoms with Gasteiger partial charge in [0.15, 0.2) is 5.76 Å². The molecule has 1 unspecified atom stereocenters. The first-order valence-electron chi connectivity index (χ1n) is 9.27. The Morgan fingerprint density at radius 1 is 1.21 bits per heavy atom. The summed E-state index contributed by atoms with van der Waals surface area (Å²) in [6.45, 7) is 2.44. The molecule has 2 amide bonds. The summed E-state index contributed by atoms with van der Waals surface area (Å²) in [6.07, 6.45) is 1.46. The topological polar surface area (TPSA) is 71.8 Å². The van der Waals surface area contributed by atoms with E-state index in [-0.39, 0.29) is 22.9 Å². The van der Waals surface area contributed by atoms with Crippen molar-refractivity contribution in [2.45, 2.75) is 12.3 Å². The number of thioether (sulfide) groups is 1. The Hall–Kier alpha value is -3.19. The van der Waals surface area contributed by atoms with Gasteiger partial charge < -0.3 is 14.5 Å². The molecular formula is C22H20N2O4S. The highest BCUT2D eigenvalue weighted by Gasteiger charge is 2.35. The Morgan fingerprint density at radius 2 is 2.07 bits per heavy atom. The van der Waals surface area contributed by atoms with Crippen molar-refractivity contribution in [1.82, 2.24) is 0 Å². The standard InChI is InChI=1S/C22H20N2O4S/c1-2-27-18-10-4-3-9-17(18)24-20(25)14-29-22(24)15-7-5-8-16(13-15)23-21(26)19-11-6-12-28-19/h3-13,22H,2,14H2,1H3,(H,23,26). The first-order valence-corrected chi connectivity index (χ1v) is 10.3. The molecule has 7 heteroatoms. The monoisotopic (exact) mass is 408 g/mol. The van der Waals surface area contributed by atoms with Crippen molar-refractivity contribution in [3.05, 3.63) is 78.3 Å². The highest BCUT2D eigenvalue weighted by atomic mass is 32.2. The molecule has 1 fully saturated rings. The zero-order valence-corrected chi connectivity index (χ0v) is 16.6. The van der Waals surface area contributed by atoms with Crippen LogP contribution in [0.25, 0.3) is 0 Å². The second-order valence-electron chi connectivity index (χ2n) is 6.38. The van der Waals surface area contributed by atoms with Gasteiger partial charge in [0.1, 0.15) is 11.1 Å². The lowest BCUT2D eigenvalue weighted by Crippen LogP contribution is -2.28. The summed E-state index contributed by atoms with van der Waals surface area (Å²) in [5.41, 5.74) is 2.31. The van der Waals surface area contributed by atoms with Gasteiger partial charge in [0.25, 0.3) is 5.91 Å². The van der Waals surface area contributed by atoms with Crippen molar-refractivity contribution in [2.75, 3.05) is 22.6 Å². The summed E-state index contributed by atoms with van der Waals surface area (Å²) in [5.74, 6) is 1.01. The third-order valence-electron chi connectivity index (χ3n) is 4.47. The first kappa shape index (κ1) is 19.1. The minimum Gasteiger partial charge on any atom is -0.492 e. The summed E-state index contributed by atoms with van der Waals surface area (Å²) in [4.78, 5) is 26.7. The first-order chi connectivity index (χ1) is 14.2. The number of carbonyl (C=O) groups excluding carboxylic acids is 2. The van der Waals surface area contributed by atoms with Crippen molar-refractivity contribution in [1.29, 1.82) is 0 Å². The van der Waals surface area contributed by atoms with Gasteiger partial charge in [-0.15, -0.1) is 11.8 Å². The lowest BCUT2D eigenvalue weighted by molar-refractivity contribution is -0.115.